The minimum Gasteiger partial charge on any atom is -0.421 e. The fourth-order valence-corrected chi connectivity index (χ4v) is 7.17. The lowest BCUT2D eigenvalue weighted by Crippen LogP contribution is -2.61. The van der Waals surface area contributed by atoms with Crippen LogP contribution < -0.4 is 4.74 Å². The van der Waals surface area contributed by atoms with Gasteiger partial charge in [0.1, 0.15) is 5.75 Å². The monoisotopic (exact) mass is 477 g/mol. The van der Waals surface area contributed by atoms with Crippen molar-refractivity contribution in [2.45, 2.75) is 62.3 Å². The van der Waals surface area contributed by atoms with E-state index < -0.39 is 23.3 Å². The molecule has 6 aliphatic carbocycles. The first-order chi connectivity index (χ1) is 17.6. The van der Waals surface area contributed by atoms with Crippen LogP contribution in [0, 0.1) is 10.1 Å². The summed E-state index contributed by atoms with van der Waals surface area (Å²) in [6.45, 7) is 0. The van der Waals surface area contributed by atoms with Crippen LogP contribution in [0.2, 0.25) is 0 Å². The number of allylic oxidation sites excluding steroid dienone is 1. The van der Waals surface area contributed by atoms with Crippen molar-refractivity contribution in [3.8, 4) is 5.75 Å². The Morgan fingerprint density at radius 3 is 2.22 bits per heavy atom. The third kappa shape index (κ3) is 2.92. The second kappa shape index (κ2) is 7.89. The molecule has 3 aromatic carbocycles. The van der Waals surface area contributed by atoms with E-state index in [0.717, 1.165) is 71.9 Å². The van der Waals surface area contributed by atoms with Gasteiger partial charge < -0.3 is 4.74 Å². The highest BCUT2D eigenvalue weighted by Crippen LogP contribution is 2.59. The zero-order chi connectivity index (χ0) is 24.4. The maximum atomic E-state index is 14.0. The number of carbonyl (C=O) groups excluding carboxylic acids is 1. The molecule has 3 atom stereocenters. The fourth-order valence-electron chi connectivity index (χ4n) is 7.17. The third-order valence-corrected chi connectivity index (χ3v) is 8.94. The molecule has 180 valence electrons. The molecule has 5 nitrogen and oxygen atoms in total. The van der Waals surface area contributed by atoms with Gasteiger partial charge in [-0.3, -0.25) is 10.1 Å². The van der Waals surface area contributed by atoms with Gasteiger partial charge in [-0.2, -0.15) is 0 Å². The normalized spacial score (nSPS) is 25.8. The van der Waals surface area contributed by atoms with E-state index in [0.29, 0.717) is 12.2 Å². The molecule has 10 rings (SSSR count). The van der Waals surface area contributed by atoms with Gasteiger partial charge in [0.2, 0.25) is 0 Å². The first-order valence-corrected chi connectivity index (χ1v) is 12.9. The molecule has 1 aliphatic heterocycles. The predicted molar refractivity (Wildman–Crippen MR) is 136 cm³/mol. The fraction of sp³-hybridized carbons (Fsp3) is 0.323. The standard InChI is InChI=1S/C31H27NO4/c33-30-31(32(34)35)26(18-17-23-15-13-21-3-1-2-4-25(21)28(23)31)27-22-11-9-19-5-7-20(8-6-19)10-12-24(16-14-22)29(27)36-30/h1-8,14,16-17,26,28H,9-13,15,18H2/t26-,28+,31-/m1/s1. The molecule has 7 aliphatic rings. The molecule has 0 amide bonds. The number of rotatable bonds is 1. The second-order valence-electron chi connectivity index (χ2n) is 10.6. The van der Waals surface area contributed by atoms with E-state index in [9.17, 15) is 14.9 Å². The van der Waals surface area contributed by atoms with E-state index in [2.05, 4.69) is 42.5 Å². The van der Waals surface area contributed by atoms with Gasteiger partial charge in [-0.05, 0) is 78.3 Å². The molecule has 0 aromatic heterocycles. The second-order valence-corrected chi connectivity index (χ2v) is 10.6. The zero-order valence-corrected chi connectivity index (χ0v) is 20.0. The Labute approximate surface area is 210 Å². The molecule has 5 heteroatoms. The van der Waals surface area contributed by atoms with Crippen LogP contribution in [-0.2, 0) is 36.9 Å². The van der Waals surface area contributed by atoms with Crippen molar-refractivity contribution in [3.05, 3.63) is 121 Å². The number of hydrogen-bond acceptors (Lipinski definition) is 4. The SMILES string of the molecule is O=C1Oc2c3ccc(c2[C@H]2CC=C4CCc5ccccc5[C@H]4[C@@]12[N+](=O)[O-])CCc1ccc(cc1)CC3. The number of benzene rings is 3. The number of ether oxygens (including phenoxy) is 1. The Morgan fingerprint density at radius 1 is 0.806 bits per heavy atom. The van der Waals surface area contributed by atoms with Gasteiger partial charge in [0, 0.05) is 10.5 Å². The van der Waals surface area contributed by atoms with Gasteiger partial charge in [-0.25, -0.2) is 4.79 Å². The van der Waals surface area contributed by atoms with E-state index in [-0.39, 0.29) is 4.92 Å². The van der Waals surface area contributed by atoms with Gasteiger partial charge >= 0.3 is 11.5 Å². The topological polar surface area (TPSA) is 69.4 Å². The van der Waals surface area contributed by atoms with E-state index >= 15 is 0 Å². The van der Waals surface area contributed by atoms with E-state index in [1.807, 2.05) is 24.3 Å². The van der Waals surface area contributed by atoms with Crippen molar-refractivity contribution in [2.75, 3.05) is 0 Å². The Balaban J connectivity index is 1.45. The predicted octanol–water partition coefficient (Wildman–Crippen LogP) is 5.65. The number of nitro groups is 1. The van der Waals surface area contributed by atoms with E-state index in [1.54, 1.807) is 0 Å². The third-order valence-electron chi connectivity index (χ3n) is 8.94. The number of aryl methyl sites for hydroxylation is 5. The van der Waals surface area contributed by atoms with Crippen LogP contribution in [0.3, 0.4) is 0 Å². The average molecular weight is 478 g/mol. The molecule has 0 radical (unpaired) electrons. The van der Waals surface area contributed by atoms with Crippen molar-refractivity contribution in [2.24, 2.45) is 0 Å². The summed E-state index contributed by atoms with van der Waals surface area (Å²) in [4.78, 5) is 26.8. The van der Waals surface area contributed by atoms with Crippen LogP contribution in [0.25, 0.3) is 0 Å². The Kier molecular flexibility index (Phi) is 4.72. The van der Waals surface area contributed by atoms with Crippen molar-refractivity contribution in [1.82, 2.24) is 0 Å². The number of hydrogen-bond donors (Lipinski definition) is 0. The molecule has 3 aromatic rings. The van der Waals surface area contributed by atoms with Gasteiger partial charge in [0.15, 0.2) is 0 Å². The maximum absolute atomic E-state index is 14.0. The van der Waals surface area contributed by atoms with Crippen LogP contribution in [0.1, 0.15) is 63.6 Å². The summed E-state index contributed by atoms with van der Waals surface area (Å²) >= 11 is 0. The van der Waals surface area contributed by atoms with Crippen LogP contribution in [-0.4, -0.2) is 16.4 Å². The number of esters is 1. The van der Waals surface area contributed by atoms with E-state index in [1.165, 1.54) is 11.1 Å². The Hall–Kier alpha value is -3.73. The smallest absolute Gasteiger partial charge is 0.391 e. The number of nitrogens with zero attached hydrogens (tertiary/aromatic N) is 1. The van der Waals surface area contributed by atoms with Crippen LogP contribution in [0.5, 0.6) is 5.75 Å². The number of carbonyl (C=O) groups is 1. The van der Waals surface area contributed by atoms with Crippen molar-refractivity contribution in [3.63, 3.8) is 0 Å². The summed E-state index contributed by atoms with van der Waals surface area (Å²) < 4.78 is 6.12. The first kappa shape index (κ1) is 21.5. The minimum atomic E-state index is -1.85. The highest BCUT2D eigenvalue weighted by molar-refractivity contribution is 5.89. The van der Waals surface area contributed by atoms with Gasteiger partial charge in [0.05, 0.1) is 11.8 Å². The summed E-state index contributed by atoms with van der Waals surface area (Å²) in [5.41, 5.74) is 6.55. The summed E-state index contributed by atoms with van der Waals surface area (Å²) in [7, 11) is 0. The van der Waals surface area contributed by atoms with Crippen molar-refractivity contribution >= 4 is 5.97 Å². The maximum Gasteiger partial charge on any atom is 0.391 e. The lowest BCUT2D eigenvalue weighted by atomic mass is 9.57. The summed E-state index contributed by atoms with van der Waals surface area (Å²) in [5, 5.41) is 13.1. The molecule has 0 unspecified atom stereocenters. The zero-order valence-electron chi connectivity index (χ0n) is 20.0. The highest BCUT2D eigenvalue weighted by atomic mass is 16.6. The molecule has 0 saturated heterocycles. The minimum absolute atomic E-state index is 0.305. The lowest BCUT2D eigenvalue weighted by Gasteiger charge is -2.46. The summed E-state index contributed by atoms with van der Waals surface area (Å²) in [5.74, 6) is -1.27. The number of fused-ring (bicyclic) bond motifs is 5. The van der Waals surface area contributed by atoms with E-state index in [4.69, 9.17) is 4.74 Å². The van der Waals surface area contributed by atoms with Crippen molar-refractivity contribution < 1.29 is 14.5 Å². The van der Waals surface area contributed by atoms with Crippen molar-refractivity contribution in [1.29, 1.82) is 0 Å². The molecule has 0 fully saturated rings. The first-order valence-electron chi connectivity index (χ1n) is 12.9. The average Bonchev–Trinajstić information content (AvgIpc) is 2.89. The van der Waals surface area contributed by atoms with Crippen LogP contribution >= 0.6 is 0 Å². The van der Waals surface area contributed by atoms with Gasteiger partial charge in [0.25, 0.3) is 0 Å². The van der Waals surface area contributed by atoms with Crippen LogP contribution in [0.4, 0.5) is 0 Å². The lowest BCUT2D eigenvalue weighted by molar-refractivity contribution is -0.564. The van der Waals surface area contributed by atoms with Gasteiger partial charge in [-0.1, -0.05) is 72.3 Å². The van der Waals surface area contributed by atoms with Crippen LogP contribution in [0.15, 0.2) is 72.3 Å². The largest absolute Gasteiger partial charge is 0.421 e. The molecule has 1 heterocycles. The Morgan fingerprint density at radius 2 is 1.47 bits per heavy atom. The quantitative estimate of drug-likeness (QED) is 0.149. The molecule has 0 N–H and O–H groups in total. The summed E-state index contributed by atoms with van der Waals surface area (Å²) in [6.07, 6.45) is 7.40. The molecule has 36 heavy (non-hydrogen) atoms. The summed E-state index contributed by atoms with van der Waals surface area (Å²) in [6, 6.07) is 20.8. The molecule has 0 spiro atoms. The highest BCUT2D eigenvalue weighted by Gasteiger charge is 2.70. The molecular weight excluding hydrogens is 450 g/mol. The molecule has 0 saturated carbocycles. The van der Waals surface area contributed by atoms with Gasteiger partial charge in [-0.15, -0.1) is 0 Å². The molecule has 4 bridgehead atoms. The Bertz CT molecular complexity index is 1450. The molecular formula is C31H27NO4.